The summed E-state index contributed by atoms with van der Waals surface area (Å²) >= 11 is 0. The lowest BCUT2D eigenvalue weighted by molar-refractivity contribution is 0.0989. The monoisotopic (exact) mass is 398 g/mol. The zero-order valence-electron chi connectivity index (χ0n) is 16.9. The number of halogens is 1. The normalized spacial score (nSPS) is 10.8. The first kappa shape index (κ1) is 20.4. The zero-order chi connectivity index (χ0) is 21.1. The van der Waals surface area contributed by atoms with Crippen molar-refractivity contribution in [2.24, 2.45) is 0 Å². The topological polar surface area (TPSA) is 60.8 Å². The number of pyridine rings is 1. The van der Waals surface area contributed by atoms with Gasteiger partial charge in [-0.3, -0.25) is 9.59 Å². The molecule has 2 aromatic carbocycles. The predicted molar refractivity (Wildman–Crippen MR) is 111 cm³/mol. The average molecular weight is 398 g/mol. The molecule has 0 saturated heterocycles. The van der Waals surface area contributed by atoms with Crippen molar-refractivity contribution >= 4 is 22.4 Å². The first-order chi connectivity index (χ1) is 13.9. The fourth-order valence-corrected chi connectivity index (χ4v) is 3.33. The molecule has 1 amide bonds. The van der Waals surface area contributed by atoms with Gasteiger partial charge in [-0.1, -0.05) is 0 Å². The molecule has 0 aliphatic carbocycles. The molecule has 0 radical (unpaired) electrons. The van der Waals surface area contributed by atoms with Crippen molar-refractivity contribution in [3.63, 3.8) is 0 Å². The molecule has 3 rings (SSSR count). The first-order valence-corrected chi connectivity index (χ1v) is 9.31. The number of benzene rings is 2. The summed E-state index contributed by atoms with van der Waals surface area (Å²) < 4.78 is 25.5. The molecule has 1 heterocycles. The molecular formula is C22H23FN2O4. The van der Waals surface area contributed by atoms with E-state index in [0.29, 0.717) is 46.6 Å². The molecule has 0 atom stereocenters. The van der Waals surface area contributed by atoms with Gasteiger partial charge in [0.15, 0.2) is 11.5 Å². The van der Waals surface area contributed by atoms with Gasteiger partial charge >= 0.3 is 0 Å². The molecule has 0 aliphatic rings. The third-order valence-electron chi connectivity index (χ3n) is 4.86. The van der Waals surface area contributed by atoms with Crippen LogP contribution in [0.4, 0.5) is 10.1 Å². The number of rotatable bonds is 6. The van der Waals surface area contributed by atoms with E-state index in [-0.39, 0.29) is 17.3 Å². The molecule has 0 N–H and O–H groups in total. The molecular weight excluding hydrogens is 375 g/mol. The van der Waals surface area contributed by atoms with Crippen LogP contribution in [-0.2, 0) is 6.54 Å². The lowest BCUT2D eigenvalue weighted by Gasteiger charge is -2.23. The van der Waals surface area contributed by atoms with Crippen LogP contribution in [0.2, 0.25) is 0 Å². The van der Waals surface area contributed by atoms with E-state index >= 15 is 0 Å². The fourth-order valence-electron chi connectivity index (χ4n) is 3.33. The van der Waals surface area contributed by atoms with Crippen molar-refractivity contribution in [2.45, 2.75) is 20.4 Å². The fraction of sp³-hybridized carbons (Fsp3) is 0.273. The van der Waals surface area contributed by atoms with Crippen molar-refractivity contribution in [3.05, 3.63) is 64.3 Å². The molecule has 7 heteroatoms. The Morgan fingerprint density at radius 2 is 1.62 bits per heavy atom. The molecule has 0 aliphatic heterocycles. The van der Waals surface area contributed by atoms with Gasteiger partial charge in [0.05, 0.1) is 25.2 Å². The van der Waals surface area contributed by atoms with E-state index in [1.807, 2.05) is 13.8 Å². The van der Waals surface area contributed by atoms with Crippen LogP contribution in [0.1, 0.15) is 24.2 Å². The number of nitrogens with zero attached hydrogens (tertiary/aromatic N) is 2. The Balaban J connectivity index is 2.26. The first-order valence-electron chi connectivity index (χ1n) is 9.31. The van der Waals surface area contributed by atoms with Gasteiger partial charge in [0.2, 0.25) is 0 Å². The quantitative estimate of drug-likeness (QED) is 0.633. The summed E-state index contributed by atoms with van der Waals surface area (Å²) in [6, 6.07) is 8.96. The maximum absolute atomic E-state index is 13.5. The number of carbonyl (C=O) groups excluding carboxylic acids is 1. The van der Waals surface area contributed by atoms with Crippen molar-refractivity contribution in [2.75, 3.05) is 25.7 Å². The van der Waals surface area contributed by atoms with Crippen LogP contribution < -0.4 is 19.9 Å². The Morgan fingerprint density at radius 1 is 1.03 bits per heavy atom. The Labute approximate surface area is 168 Å². The van der Waals surface area contributed by atoms with Crippen LogP contribution in [0.5, 0.6) is 11.5 Å². The molecule has 6 nitrogen and oxygen atoms in total. The van der Waals surface area contributed by atoms with E-state index in [1.165, 1.54) is 35.8 Å². The second-order valence-corrected chi connectivity index (χ2v) is 6.41. The smallest absolute Gasteiger partial charge is 0.260 e. The number of carbonyl (C=O) groups is 1. The summed E-state index contributed by atoms with van der Waals surface area (Å²) in [5, 5.41) is 0.841. The van der Waals surface area contributed by atoms with Crippen LogP contribution in [0.25, 0.3) is 10.8 Å². The molecule has 0 fully saturated rings. The lowest BCUT2D eigenvalue weighted by atomic mass is 10.0. The summed E-state index contributed by atoms with van der Waals surface area (Å²) in [7, 11) is 2.99. The van der Waals surface area contributed by atoms with E-state index in [9.17, 15) is 14.0 Å². The molecule has 0 unspecified atom stereocenters. The number of methoxy groups -OCH3 is 2. The highest BCUT2D eigenvalue weighted by Gasteiger charge is 2.22. The number of anilines is 1. The molecule has 0 spiro atoms. The number of aryl methyl sites for hydroxylation is 1. The van der Waals surface area contributed by atoms with Gasteiger partial charge in [0.25, 0.3) is 11.5 Å². The van der Waals surface area contributed by atoms with Crippen molar-refractivity contribution < 1.29 is 18.7 Å². The maximum atomic E-state index is 13.5. The van der Waals surface area contributed by atoms with Gasteiger partial charge < -0.3 is 18.9 Å². The zero-order valence-corrected chi connectivity index (χ0v) is 16.9. The Hall–Kier alpha value is -3.35. The number of fused-ring (bicyclic) bond motifs is 1. The van der Waals surface area contributed by atoms with Gasteiger partial charge in [-0.25, -0.2) is 4.39 Å². The number of aromatic nitrogens is 1. The second-order valence-electron chi connectivity index (χ2n) is 6.41. The predicted octanol–water partition coefficient (Wildman–Crippen LogP) is 3.84. The van der Waals surface area contributed by atoms with Gasteiger partial charge in [-0.2, -0.15) is 0 Å². The number of ether oxygens (including phenoxy) is 2. The average Bonchev–Trinajstić information content (AvgIpc) is 2.74. The van der Waals surface area contributed by atoms with E-state index in [4.69, 9.17) is 9.47 Å². The van der Waals surface area contributed by atoms with E-state index in [2.05, 4.69) is 0 Å². The number of amides is 1. The highest BCUT2D eigenvalue weighted by atomic mass is 19.1. The van der Waals surface area contributed by atoms with Crippen LogP contribution in [0.3, 0.4) is 0 Å². The maximum Gasteiger partial charge on any atom is 0.260 e. The molecule has 3 aromatic rings. The van der Waals surface area contributed by atoms with Gasteiger partial charge in [0, 0.05) is 30.4 Å². The summed E-state index contributed by atoms with van der Waals surface area (Å²) in [6.07, 6.45) is 1.56. The largest absolute Gasteiger partial charge is 0.493 e. The number of hydrogen-bond acceptors (Lipinski definition) is 4. The van der Waals surface area contributed by atoms with Crippen molar-refractivity contribution in [3.8, 4) is 11.5 Å². The van der Waals surface area contributed by atoms with Crippen molar-refractivity contribution in [1.82, 2.24) is 4.57 Å². The lowest BCUT2D eigenvalue weighted by Crippen LogP contribution is -2.32. The van der Waals surface area contributed by atoms with E-state index in [0.717, 1.165) is 0 Å². The van der Waals surface area contributed by atoms with Crippen LogP contribution in [-0.4, -0.2) is 31.2 Å². The minimum absolute atomic E-state index is 0.218. The van der Waals surface area contributed by atoms with Crippen LogP contribution in [0.15, 0.2) is 47.4 Å². The molecule has 152 valence electrons. The Kier molecular flexibility index (Phi) is 5.87. The molecule has 1 aromatic heterocycles. The van der Waals surface area contributed by atoms with Crippen LogP contribution in [0, 0.1) is 5.82 Å². The Bertz CT molecular complexity index is 1110. The van der Waals surface area contributed by atoms with Gasteiger partial charge in [-0.05, 0) is 50.2 Å². The highest BCUT2D eigenvalue weighted by molar-refractivity contribution is 6.14. The molecule has 0 bridgehead atoms. The minimum Gasteiger partial charge on any atom is -0.493 e. The highest BCUT2D eigenvalue weighted by Crippen LogP contribution is 2.33. The van der Waals surface area contributed by atoms with E-state index in [1.54, 1.807) is 30.5 Å². The van der Waals surface area contributed by atoms with E-state index < -0.39 is 0 Å². The van der Waals surface area contributed by atoms with Crippen molar-refractivity contribution in [1.29, 1.82) is 0 Å². The van der Waals surface area contributed by atoms with Crippen LogP contribution >= 0.6 is 0 Å². The third-order valence-corrected chi connectivity index (χ3v) is 4.86. The Morgan fingerprint density at radius 3 is 2.14 bits per heavy atom. The minimum atomic E-state index is -0.376. The summed E-state index contributed by atoms with van der Waals surface area (Å²) in [4.78, 5) is 27.8. The summed E-state index contributed by atoms with van der Waals surface area (Å²) in [6.45, 7) is 4.46. The summed E-state index contributed by atoms with van der Waals surface area (Å²) in [5.74, 6) is 0.167. The molecule has 0 saturated carbocycles. The second kappa shape index (κ2) is 8.34. The molecule has 29 heavy (non-hydrogen) atoms. The SMILES string of the molecule is CCN(C(=O)c1cn(CC)c(=O)c2cc(OC)c(OC)cc12)c1ccc(F)cc1. The summed E-state index contributed by atoms with van der Waals surface area (Å²) in [5.41, 5.74) is 0.709. The van der Waals surface area contributed by atoms with Gasteiger partial charge in [0.1, 0.15) is 5.82 Å². The standard InChI is InChI=1S/C22H23FN2O4/c1-5-24-13-18(22(27)25(6-2)15-9-7-14(23)8-10-15)16-11-19(28-3)20(29-4)12-17(16)21(24)26/h7-13H,5-6H2,1-4H3. The van der Waals surface area contributed by atoms with Gasteiger partial charge in [-0.15, -0.1) is 0 Å². The number of hydrogen-bond donors (Lipinski definition) is 0. The third kappa shape index (κ3) is 3.68.